The molecular weight excluding hydrogens is 359 g/mol. The van der Waals surface area contributed by atoms with Crippen LogP contribution < -0.4 is 0 Å². The first-order valence-electron chi connectivity index (χ1n) is 5.56. The summed E-state index contributed by atoms with van der Waals surface area (Å²) in [6, 6.07) is 4.65. The number of rotatable bonds is 3. The Kier molecular flexibility index (Phi) is 4.04. The lowest BCUT2D eigenvalue weighted by Crippen LogP contribution is -2.42. The molecule has 0 N–H and O–H groups in total. The van der Waals surface area contributed by atoms with Gasteiger partial charge in [-0.05, 0) is 23.8 Å². The van der Waals surface area contributed by atoms with E-state index in [0.29, 0.717) is 10.0 Å². The summed E-state index contributed by atoms with van der Waals surface area (Å²) in [5.74, 6) is -3.20. The van der Waals surface area contributed by atoms with Crippen LogP contribution in [0.15, 0.2) is 22.7 Å². The Balaban J connectivity index is 2.20. The van der Waals surface area contributed by atoms with Gasteiger partial charge in [-0.2, -0.15) is 13.2 Å². The number of benzene rings is 1. The second-order valence-electron chi connectivity index (χ2n) is 4.16. The van der Waals surface area contributed by atoms with Gasteiger partial charge in [0, 0.05) is 10.0 Å². The van der Waals surface area contributed by atoms with Crippen molar-refractivity contribution in [1.82, 2.24) is 4.90 Å². The van der Waals surface area contributed by atoms with Gasteiger partial charge in [0.25, 0.3) is 5.91 Å². The Morgan fingerprint density at radius 3 is 2.67 bits per heavy atom. The first kappa shape index (κ1) is 15.5. The molecule has 1 aliphatic heterocycles. The van der Waals surface area contributed by atoms with Crippen molar-refractivity contribution in [3.8, 4) is 0 Å². The lowest BCUT2D eigenvalue weighted by molar-refractivity contribution is -0.209. The number of esters is 1. The van der Waals surface area contributed by atoms with Crippen molar-refractivity contribution in [2.45, 2.75) is 18.9 Å². The zero-order valence-electron chi connectivity index (χ0n) is 10.2. The normalized spacial score (nSPS) is 15.6. The van der Waals surface area contributed by atoms with E-state index in [0.717, 1.165) is 4.90 Å². The zero-order chi connectivity index (χ0) is 15.8. The molecule has 1 unspecified atom stereocenters. The quantitative estimate of drug-likeness (QED) is 0.607. The van der Waals surface area contributed by atoms with Crippen molar-refractivity contribution in [1.29, 1.82) is 0 Å². The number of alkyl halides is 3. The largest absolute Gasteiger partial charge is 0.491 e. The highest BCUT2D eigenvalue weighted by Crippen LogP contribution is 2.28. The molecule has 1 amide bonds. The summed E-state index contributed by atoms with van der Waals surface area (Å²) in [5, 5.41) is 0. The molecular formula is C12H7BrF3NO4. The minimum absolute atomic E-state index is 0.0253. The van der Waals surface area contributed by atoms with Gasteiger partial charge in [0.1, 0.15) is 0 Å². The highest BCUT2D eigenvalue weighted by Gasteiger charge is 2.44. The maximum atomic E-state index is 12.1. The van der Waals surface area contributed by atoms with Crippen LogP contribution in [0.5, 0.6) is 0 Å². The van der Waals surface area contributed by atoms with Crippen molar-refractivity contribution in [3.63, 3.8) is 0 Å². The van der Waals surface area contributed by atoms with Gasteiger partial charge in [-0.3, -0.25) is 14.5 Å². The van der Waals surface area contributed by atoms with E-state index in [-0.39, 0.29) is 18.4 Å². The highest BCUT2D eigenvalue weighted by molar-refractivity contribution is 9.10. The van der Waals surface area contributed by atoms with Crippen LogP contribution in [0.3, 0.4) is 0 Å². The average Bonchev–Trinajstić information content (AvgIpc) is 2.71. The van der Waals surface area contributed by atoms with Crippen molar-refractivity contribution in [2.75, 3.05) is 0 Å². The van der Waals surface area contributed by atoms with Crippen LogP contribution in [0, 0.1) is 0 Å². The van der Waals surface area contributed by atoms with Gasteiger partial charge in [0.15, 0.2) is 6.29 Å². The van der Waals surface area contributed by atoms with Crippen molar-refractivity contribution in [3.05, 3.63) is 33.8 Å². The summed E-state index contributed by atoms with van der Waals surface area (Å²) in [6.07, 6.45) is -7.18. The molecule has 0 saturated carbocycles. The number of aldehydes is 1. The van der Waals surface area contributed by atoms with Crippen LogP contribution in [0.1, 0.15) is 15.9 Å². The molecule has 21 heavy (non-hydrogen) atoms. The molecule has 0 aliphatic carbocycles. The molecule has 0 fully saturated rings. The average molecular weight is 366 g/mol. The van der Waals surface area contributed by atoms with Crippen LogP contribution in [0.2, 0.25) is 0 Å². The Labute approximate surface area is 124 Å². The van der Waals surface area contributed by atoms with Gasteiger partial charge in [0.2, 0.25) is 6.23 Å². The number of carbonyl (C=O) groups excluding carboxylic acids is 3. The molecule has 0 bridgehead atoms. The van der Waals surface area contributed by atoms with E-state index in [1.807, 2.05) is 0 Å². The van der Waals surface area contributed by atoms with E-state index in [9.17, 15) is 27.6 Å². The van der Waals surface area contributed by atoms with Gasteiger partial charge in [-0.15, -0.1) is 0 Å². The fraction of sp³-hybridized carbons (Fsp3) is 0.250. The third kappa shape index (κ3) is 3.07. The fourth-order valence-corrected chi connectivity index (χ4v) is 2.27. The smallest absolute Gasteiger partial charge is 0.427 e. The van der Waals surface area contributed by atoms with Gasteiger partial charge in [0.05, 0.1) is 6.54 Å². The Morgan fingerprint density at radius 2 is 2.10 bits per heavy atom. The Morgan fingerprint density at radius 1 is 1.43 bits per heavy atom. The maximum Gasteiger partial charge on any atom is 0.491 e. The molecule has 1 aliphatic rings. The molecule has 1 atom stereocenters. The molecule has 0 radical (unpaired) electrons. The molecule has 0 saturated heterocycles. The molecule has 9 heteroatoms. The SMILES string of the molecule is O=CC(OC(=O)C(F)(F)F)N1Cc2cc(Br)ccc2C1=O. The number of ether oxygens (including phenoxy) is 1. The summed E-state index contributed by atoms with van der Waals surface area (Å²) in [7, 11) is 0. The topological polar surface area (TPSA) is 63.7 Å². The van der Waals surface area contributed by atoms with Crippen LogP contribution in [-0.4, -0.2) is 35.5 Å². The number of hydrogen-bond acceptors (Lipinski definition) is 4. The molecule has 5 nitrogen and oxygen atoms in total. The maximum absolute atomic E-state index is 12.1. The molecule has 0 spiro atoms. The van der Waals surface area contributed by atoms with Crippen molar-refractivity contribution >= 4 is 34.1 Å². The zero-order valence-corrected chi connectivity index (χ0v) is 11.8. The van der Waals surface area contributed by atoms with Crippen molar-refractivity contribution in [2.24, 2.45) is 0 Å². The summed E-state index contributed by atoms with van der Waals surface area (Å²) in [5.41, 5.74) is 0.761. The monoisotopic (exact) mass is 365 g/mol. The van der Waals surface area contributed by atoms with Crippen LogP contribution in [0.4, 0.5) is 13.2 Å². The number of amides is 1. The minimum atomic E-state index is -5.24. The van der Waals surface area contributed by atoms with Crippen LogP contribution >= 0.6 is 15.9 Å². The fourth-order valence-electron chi connectivity index (χ4n) is 1.86. The molecule has 1 aromatic carbocycles. The summed E-state index contributed by atoms with van der Waals surface area (Å²) >= 11 is 3.19. The van der Waals surface area contributed by atoms with E-state index in [1.54, 1.807) is 12.1 Å². The Hall–Kier alpha value is -1.90. The summed E-state index contributed by atoms with van der Waals surface area (Å²) in [4.78, 5) is 34.4. The molecule has 1 heterocycles. The Bertz CT molecular complexity index is 617. The second kappa shape index (κ2) is 5.47. The number of hydrogen-bond donors (Lipinski definition) is 0. The third-order valence-corrected chi connectivity index (χ3v) is 3.28. The van der Waals surface area contributed by atoms with E-state index in [1.165, 1.54) is 6.07 Å². The summed E-state index contributed by atoms with van der Waals surface area (Å²) < 4.78 is 41.2. The predicted octanol–water partition coefficient (Wildman–Crippen LogP) is 2.04. The highest BCUT2D eigenvalue weighted by atomic mass is 79.9. The van der Waals surface area contributed by atoms with E-state index in [2.05, 4.69) is 20.7 Å². The van der Waals surface area contributed by atoms with Crippen LogP contribution in [-0.2, 0) is 20.9 Å². The lowest BCUT2D eigenvalue weighted by Gasteiger charge is -2.23. The van der Waals surface area contributed by atoms with E-state index >= 15 is 0 Å². The van der Waals surface area contributed by atoms with Crippen LogP contribution in [0.25, 0.3) is 0 Å². The third-order valence-electron chi connectivity index (χ3n) is 2.78. The minimum Gasteiger partial charge on any atom is -0.427 e. The molecule has 1 aromatic rings. The predicted molar refractivity (Wildman–Crippen MR) is 66.0 cm³/mol. The van der Waals surface area contributed by atoms with Gasteiger partial charge in [-0.1, -0.05) is 15.9 Å². The second-order valence-corrected chi connectivity index (χ2v) is 5.08. The van der Waals surface area contributed by atoms with Gasteiger partial charge < -0.3 is 4.74 Å². The molecule has 2 rings (SSSR count). The molecule has 112 valence electrons. The standard InChI is InChI=1S/C12H7BrF3NO4/c13-7-1-2-8-6(3-7)4-17(10(8)19)9(5-18)21-11(20)12(14,15)16/h1-3,5,9H,4H2. The first-order valence-corrected chi connectivity index (χ1v) is 6.36. The number of carbonyl (C=O) groups is 3. The first-order chi connectivity index (χ1) is 9.74. The van der Waals surface area contributed by atoms with Crippen molar-refractivity contribution < 1.29 is 32.3 Å². The number of fused-ring (bicyclic) bond motifs is 1. The summed E-state index contributed by atoms with van der Waals surface area (Å²) in [6.45, 7) is -0.123. The number of halogens is 4. The molecule has 0 aromatic heterocycles. The van der Waals surface area contributed by atoms with Gasteiger partial charge >= 0.3 is 12.1 Å². The number of nitrogens with zero attached hydrogens (tertiary/aromatic N) is 1. The van der Waals surface area contributed by atoms with Gasteiger partial charge in [-0.25, -0.2) is 4.79 Å². The van der Waals surface area contributed by atoms with E-state index < -0.39 is 24.3 Å². The lowest BCUT2D eigenvalue weighted by atomic mass is 10.1. The van der Waals surface area contributed by atoms with E-state index in [4.69, 9.17) is 0 Å².